The predicted octanol–water partition coefficient (Wildman–Crippen LogP) is 4.04. The summed E-state index contributed by atoms with van der Waals surface area (Å²) in [4.78, 5) is 1.87. The van der Waals surface area contributed by atoms with E-state index in [4.69, 9.17) is 0 Å². The van der Waals surface area contributed by atoms with Crippen LogP contribution in [0.5, 0.6) is 0 Å². The van der Waals surface area contributed by atoms with Crippen molar-refractivity contribution in [2.24, 2.45) is 0 Å². The maximum atomic E-state index is 14.2. The Bertz CT molecular complexity index is 540. The zero-order valence-corrected chi connectivity index (χ0v) is 11.2. The molecule has 3 heteroatoms. The molecule has 0 aliphatic rings. The van der Waals surface area contributed by atoms with Gasteiger partial charge in [-0.05, 0) is 32.0 Å². The van der Waals surface area contributed by atoms with E-state index < -0.39 is 6.10 Å². The van der Waals surface area contributed by atoms with Gasteiger partial charge in [-0.1, -0.05) is 30.3 Å². The molecule has 0 amide bonds. The minimum Gasteiger partial charge on any atom is -0.389 e. The Morgan fingerprint density at radius 2 is 1.79 bits per heavy atom. The first kappa shape index (κ1) is 13.6. The number of nitrogens with zero attached hydrogens (tertiary/aromatic N) is 1. The number of aliphatic hydroxyl groups is 1. The molecule has 2 nitrogen and oxygen atoms in total. The minimum absolute atomic E-state index is 0.316. The van der Waals surface area contributed by atoms with E-state index in [0.29, 0.717) is 17.8 Å². The SMILES string of the molecule is CCN(c1ccccc1)c1c(F)cccc1C(C)O. The zero-order valence-electron chi connectivity index (χ0n) is 11.2. The summed E-state index contributed by atoms with van der Waals surface area (Å²) in [6.07, 6.45) is -0.705. The number of para-hydroxylation sites is 2. The first-order valence-electron chi connectivity index (χ1n) is 6.44. The highest BCUT2D eigenvalue weighted by atomic mass is 19.1. The highest BCUT2D eigenvalue weighted by molar-refractivity contribution is 5.67. The molecule has 0 heterocycles. The van der Waals surface area contributed by atoms with Gasteiger partial charge in [0.25, 0.3) is 0 Å². The summed E-state index contributed by atoms with van der Waals surface area (Å²) >= 11 is 0. The molecule has 0 fully saturated rings. The molecule has 0 spiro atoms. The first-order valence-corrected chi connectivity index (χ1v) is 6.44. The fourth-order valence-electron chi connectivity index (χ4n) is 2.23. The van der Waals surface area contributed by atoms with Crippen molar-refractivity contribution in [2.75, 3.05) is 11.4 Å². The molecule has 2 aromatic rings. The van der Waals surface area contributed by atoms with E-state index in [2.05, 4.69) is 0 Å². The summed E-state index contributed by atoms with van der Waals surface area (Å²) in [5.41, 5.74) is 1.97. The van der Waals surface area contributed by atoms with Crippen LogP contribution < -0.4 is 4.90 Å². The molecule has 0 aliphatic heterocycles. The van der Waals surface area contributed by atoms with Gasteiger partial charge in [-0.2, -0.15) is 0 Å². The van der Waals surface area contributed by atoms with Crippen molar-refractivity contribution in [2.45, 2.75) is 20.0 Å². The third-order valence-corrected chi connectivity index (χ3v) is 3.12. The Kier molecular flexibility index (Phi) is 4.17. The number of aliphatic hydroxyl groups excluding tert-OH is 1. The molecule has 0 aliphatic carbocycles. The third-order valence-electron chi connectivity index (χ3n) is 3.12. The molecule has 0 radical (unpaired) electrons. The molecule has 1 N–H and O–H groups in total. The van der Waals surface area contributed by atoms with Gasteiger partial charge in [-0.25, -0.2) is 4.39 Å². The van der Waals surface area contributed by atoms with Crippen LogP contribution in [0.15, 0.2) is 48.5 Å². The summed E-state index contributed by atoms with van der Waals surface area (Å²) < 4.78 is 14.2. The topological polar surface area (TPSA) is 23.5 Å². The second kappa shape index (κ2) is 5.85. The van der Waals surface area contributed by atoms with E-state index in [-0.39, 0.29) is 5.82 Å². The standard InChI is InChI=1S/C16H18FNO/c1-3-18(13-8-5-4-6-9-13)16-14(12(2)19)10-7-11-15(16)17/h4-12,19H,3H2,1-2H3. The fourth-order valence-corrected chi connectivity index (χ4v) is 2.23. The Morgan fingerprint density at radius 3 is 2.37 bits per heavy atom. The summed E-state index contributed by atoms with van der Waals surface area (Å²) in [5, 5.41) is 9.83. The molecule has 2 aromatic carbocycles. The van der Waals surface area contributed by atoms with Crippen LogP contribution >= 0.6 is 0 Å². The Balaban J connectivity index is 2.55. The monoisotopic (exact) mass is 259 g/mol. The number of hydrogen-bond donors (Lipinski definition) is 1. The van der Waals surface area contributed by atoms with Crippen LogP contribution in [0.3, 0.4) is 0 Å². The van der Waals surface area contributed by atoms with Crippen molar-refractivity contribution in [1.29, 1.82) is 0 Å². The molecule has 0 saturated heterocycles. The predicted molar refractivity (Wildman–Crippen MR) is 76.2 cm³/mol. The van der Waals surface area contributed by atoms with Crippen LogP contribution in [-0.2, 0) is 0 Å². The number of benzene rings is 2. The van der Waals surface area contributed by atoms with E-state index in [1.165, 1.54) is 6.07 Å². The highest BCUT2D eigenvalue weighted by Gasteiger charge is 2.18. The third kappa shape index (κ3) is 2.76. The van der Waals surface area contributed by atoms with Gasteiger partial charge in [0.05, 0.1) is 11.8 Å². The van der Waals surface area contributed by atoms with Crippen LogP contribution in [0.4, 0.5) is 15.8 Å². The average molecular weight is 259 g/mol. The molecular weight excluding hydrogens is 241 g/mol. The second-order valence-corrected chi connectivity index (χ2v) is 4.43. The van der Waals surface area contributed by atoms with Crippen molar-refractivity contribution in [3.63, 3.8) is 0 Å². The van der Waals surface area contributed by atoms with Crippen LogP contribution in [0.1, 0.15) is 25.5 Å². The second-order valence-electron chi connectivity index (χ2n) is 4.43. The Hall–Kier alpha value is -1.87. The average Bonchev–Trinajstić information content (AvgIpc) is 2.42. The smallest absolute Gasteiger partial charge is 0.147 e. The molecule has 0 saturated carbocycles. The largest absolute Gasteiger partial charge is 0.389 e. The maximum Gasteiger partial charge on any atom is 0.147 e. The van der Waals surface area contributed by atoms with Crippen LogP contribution in [0, 0.1) is 5.82 Å². The number of hydrogen-bond acceptors (Lipinski definition) is 2. The van der Waals surface area contributed by atoms with Gasteiger partial charge in [0, 0.05) is 17.8 Å². The summed E-state index contributed by atoms with van der Waals surface area (Å²) in [5.74, 6) is -0.316. The summed E-state index contributed by atoms with van der Waals surface area (Å²) in [6.45, 7) is 4.24. The van der Waals surface area contributed by atoms with Gasteiger partial charge in [0.1, 0.15) is 5.82 Å². The fraction of sp³-hybridized carbons (Fsp3) is 0.250. The minimum atomic E-state index is -0.705. The molecule has 100 valence electrons. The Labute approximate surface area is 113 Å². The molecular formula is C16H18FNO. The van der Waals surface area contributed by atoms with E-state index in [1.54, 1.807) is 19.1 Å². The van der Waals surface area contributed by atoms with Crippen molar-refractivity contribution in [3.8, 4) is 0 Å². The lowest BCUT2D eigenvalue weighted by molar-refractivity contribution is 0.199. The quantitative estimate of drug-likeness (QED) is 0.895. The Morgan fingerprint density at radius 1 is 1.11 bits per heavy atom. The normalized spacial score (nSPS) is 12.2. The number of rotatable bonds is 4. The van der Waals surface area contributed by atoms with Crippen molar-refractivity contribution in [3.05, 3.63) is 59.9 Å². The van der Waals surface area contributed by atoms with Gasteiger partial charge in [0.15, 0.2) is 0 Å². The van der Waals surface area contributed by atoms with Crippen LogP contribution in [0.25, 0.3) is 0 Å². The lowest BCUT2D eigenvalue weighted by Gasteiger charge is -2.27. The summed E-state index contributed by atoms with van der Waals surface area (Å²) in [6, 6.07) is 14.4. The van der Waals surface area contributed by atoms with Crippen molar-refractivity contribution < 1.29 is 9.50 Å². The van der Waals surface area contributed by atoms with Crippen molar-refractivity contribution in [1.82, 2.24) is 0 Å². The van der Waals surface area contributed by atoms with E-state index in [1.807, 2.05) is 42.2 Å². The van der Waals surface area contributed by atoms with Gasteiger partial charge >= 0.3 is 0 Å². The van der Waals surface area contributed by atoms with Crippen molar-refractivity contribution >= 4 is 11.4 Å². The lowest BCUT2D eigenvalue weighted by atomic mass is 10.1. The van der Waals surface area contributed by atoms with Gasteiger partial charge in [-0.3, -0.25) is 0 Å². The molecule has 0 bridgehead atoms. The van der Waals surface area contributed by atoms with Gasteiger partial charge in [-0.15, -0.1) is 0 Å². The van der Waals surface area contributed by atoms with Gasteiger partial charge < -0.3 is 10.0 Å². The molecule has 19 heavy (non-hydrogen) atoms. The van der Waals surface area contributed by atoms with Crippen LogP contribution in [-0.4, -0.2) is 11.7 Å². The van der Waals surface area contributed by atoms with E-state index in [9.17, 15) is 9.50 Å². The highest BCUT2D eigenvalue weighted by Crippen LogP contribution is 2.34. The first-order chi connectivity index (χ1) is 9.15. The number of anilines is 2. The molecule has 1 unspecified atom stereocenters. The molecule has 1 atom stereocenters. The zero-order chi connectivity index (χ0) is 13.8. The number of halogens is 1. The van der Waals surface area contributed by atoms with Crippen LogP contribution in [0.2, 0.25) is 0 Å². The van der Waals surface area contributed by atoms with E-state index >= 15 is 0 Å². The van der Waals surface area contributed by atoms with E-state index in [0.717, 1.165) is 5.69 Å². The molecule has 0 aromatic heterocycles. The lowest BCUT2D eigenvalue weighted by Crippen LogP contribution is -2.19. The molecule has 2 rings (SSSR count). The maximum absolute atomic E-state index is 14.2. The summed E-state index contributed by atoms with van der Waals surface area (Å²) in [7, 11) is 0. The van der Waals surface area contributed by atoms with Gasteiger partial charge in [0.2, 0.25) is 0 Å².